The van der Waals surface area contributed by atoms with Gasteiger partial charge in [-0.1, -0.05) is 12.1 Å². The van der Waals surface area contributed by atoms with Crippen molar-refractivity contribution in [2.45, 2.75) is 32.2 Å². The molecule has 1 heterocycles. The molecule has 0 spiro atoms. The van der Waals surface area contributed by atoms with E-state index in [0.29, 0.717) is 35.1 Å². The fourth-order valence-corrected chi connectivity index (χ4v) is 4.09. The molecule has 1 aliphatic heterocycles. The van der Waals surface area contributed by atoms with Crippen LogP contribution in [0.3, 0.4) is 0 Å². The van der Waals surface area contributed by atoms with Crippen molar-refractivity contribution in [1.29, 1.82) is 0 Å². The minimum absolute atomic E-state index is 0.00386. The number of nitrogens with one attached hydrogen (secondary N) is 1. The van der Waals surface area contributed by atoms with Gasteiger partial charge in [-0.05, 0) is 49.4 Å². The van der Waals surface area contributed by atoms with Gasteiger partial charge < -0.3 is 19.5 Å². The predicted octanol–water partition coefficient (Wildman–Crippen LogP) is 4.12. The highest BCUT2D eigenvalue weighted by Crippen LogP contribution is 2.27. The molecule has 0 bridgehead atoms. The normalized spacial score (nSPS) is 16.3. The number of carbonyl (C=O) groups excluding carboxylic acids is 2. The Balaban J connectivity index is 1.47. The highest BCUT2D eigenvalue weighted by atomic mass is 16.5. The second-order valence-electron chi connectivity index (χ2n) is 8.12. The summed E-state index contributed by atoms with van der Waals surface area (Å²) in [5, 5.41) is 2.95. The molecule has 1 aliphatic rings. The van der Waals surface area contributed by atoms with Crippen molar-refractivity contribution >= 4 is 17.6 Å². The van der Waals surface area contributed by atoms with E-state index in [1.807, 2.05) is 12.1 Å². The van der Waals surface area contributed by atoms with Gasteiger partial charge in [0.25, 0.3) is 0 Å². The number of hydrogen-bond acceptors (Lipinski definition) is 6. The van der Waals surface area contributed by atoms with Gasteiger partial charge in [-0.25, -0.2) is 4.79 Å². The molecule has 7 heteroatoms. The van der Waals surface area contributed by atoms with Crippen LogP contribution < -0.4 is 14.8 Å². The third kappa shape index (κ3) is 6.72. The first-order valence-electron chi connectivity index (χ1n) is 10.9. The molecule has 172 valence electrons. The van der Waals surface area contributed by atoms with E-state index in [2.05, 4.69) is 10.2 Å². The van der Waals surface area contributed by atoms with Gasteiger partial charge in [-0.3, -0.25) is 9.69 Å². The third-order valence-electron chi connectivity index (χ3n) is 5.80. The van der Waals surface area contributed by atoms with Crippen LogP contribution in [0, 0.1) is 5.92 Å². The van der Waals surface area contributed by atoms with E-state index in [-0.39, 0.29) is 11.9 Å². The number of anilines is 1. The van der Waals surface area contributed by atoms with Crippen molar-refractivity contribution in [2.24, 2.45) is 5.92 Å². The molecule has 1 atom stereocenters. The van der Waals surface area contributed by atoms with Gasteiger partial charge in [0.1, 0.15) is 11.5 Å². The zero-order chi connectivity index (χ0) is 22.9. The quantitative estimate of drug-likeness (QED) is 0.591. The number of benzene rings is 2. The molecule has 3 rings (SSSR count). The van der Waals surface area contributed by atoms with Crippen LogP contribution in [-0.4, -0.2) is 51.2 Å². The second-order valence-corrected chi connectivity index (χ2v) is 8.12. The van der Waals surface area contributed by atoms with Crippen molar-refractivity contribution in [1.82, 2.24) is 4.90 Å². The number of hydrogen-bond donors (Lipinski definition) is 1. The van der Waals surface area contributed by atoms with Crippen molar-refractivity contribution < 1.29 is 23.8 Å². The molecular formula is C25H32N2O5. The van der Waals surface area contributed by atoms with Crippen molar-refractivity contribution in [2.75, 3.05) is 39.7 Å². The van der Waals surface area contributed by atoms with Crippen LogP contribution in [0.4, 0.5) is 5.69 Å². The predicted molar refractivity (Wildman–Crippen MR) is 123 cm³/mol. The van der Waals surface area contributed by atoms with Gasteiger partial charge >= 0.3 is 5.97 Å². The summed E-state index contributed by atoms with van der Waals surface area (Å²) in [5.74, 6) is 1.45. The van der Waals surface area contributed by atoms with Gasteiger partial charge in [-0.2, -0.15) is 0 Å². The minimum atomic E-state index is -0.319. The largest absolute Gasteiger partial charge is 0.497 e. The molecule has 1 amide bonds. The maximum Gasteiger partial charge on any atom is 0.337 e. The van der Waals surface area contributed by atoms with E-state index >= 15 is 0 Å². The molecule has 2 aromatic carbocycles. The highest BCUT2D eigenvalue weighted by Gasteiger charge is 2.21. The second kappa shape index (κ2) is 11.5. The van der Waals surface area contributed by atoms with E-state index in [1.165, 1.54) is 12.7 Å². The first kappa shape index (κ1) is 23.6. The summed E-state index contributed by atoms with van der Waals surface area (Å²) in [6, 6.07) is 12.9. The van der Waals surface area contributed by atoms with E-state index in [1.54, 1.807) is 44.6 Å². The maximum absolute atomic E-state index is 12.5. The Morgan fingerprint density at radius 2 is 1.72 bits per heavy atom. The molecular weight excluding hydrogens is 408 g/mol. The number of nitrogens with zero attached hydrogens (tertiary/aromatic N) is 1. The van der Waals surface area contributed by atoms with Crippen LogP contribution in [0.15, 0.2) is 42.5 Å². The van der Waals surface area contributed by atoms with Crippen LogP contribution in [0.25, 0.3) is 0 Å². The van der Waals surface area contributed by atoms with E-state index in [4.69, 9.17) is 14.2 Å². The number of ether oxygens (including phenoxy) is 3. The van der Waals surface area contributed by atoms with Crippen LogP contribution >= 0.6 is 0 Å². The Bertz CT molecular complexity index is 891. The number of esters is 1. The first-order chi connectivity index (χ1) is 15.5. The first-order valence-corrected chi connectivity index (χ1v) is 10.9. The van der Waals surface area contributed by atoms with Crippen LogP contribution in [-0.2, 0) is 16.1 Å². The van der Waals surface area contributed by atoms with Crippen molar-refractivity contribution in [3.63, 3.8) is 0 Å². The number of piperidine rings is 1. The minimum Gasteiger partial charge on any atom is -0.497 e. The zero-order valence-electron chi connectivity index (χ0n) is 19.1. The van der Waals surface area contributed by atoms with Crippen LogP contribution in [0.5, 0.6) is 11.5 Å². The Kier molecular flexibility index (Phi) is 8.50. The Morgan fingerprint density at radius 1 is 1.03 bits per heavy atom. The Labute approximate surface area is 189 Å². The van der Waals surface area contributed by atoms with Gasteiger partial charge in [0.05, 0.1) is 26.9 Å². The van der Waals surface area contributed by atoms with Gasteiger partial charge in [0.15, 0.2) is 0 Å². The number of methoxy groups -OCH3 is 3. The van der Waals surface area contributed by atoms with Gasteiger partial charge in [0.2, 0.25) is 5.91 Å². The molecule has 1 N–H and O–H groups in total. The maximum atomic E-state index is 12.5. The van der Waals surface area contributed by atoms with Gasteiger partial charge in [-0.15, -0.1) is 0 Å². The molecule has 0 aromatic heterocycles. The highest BCUT2D eigenvalue weighted by molar-refractivity contribution is 5.91. The monoisotopic (exact) mass is 440 g/mol. The summed E-state index contributed by atoms with van der Waals surface area (Å²) in [7, 11) is 4.56. The average molecular weight is 441 g/mol. The lowest BCUT2D eigenvalue weighted by Gasteiger charge is -2.32. The summed E-state index contributed by atoms with van der Waals surface area (Å²) in [6.45, 7) is 2.86. The Morgan fingerprint density at radius 3 is 2.34 bits per heavy atom. The molecule has 0 aliphatic carbocycles. The summed E-state index contributed by atoms with van der Waals surface area (Å²) >= 11 is 0. The topological polar surface area (TPSA) is 77.1 Å². The van der Waals surface area contributed by atoms with E-state index in [0.717, 1.165) is 38.9 Å². The molecule has 0 saturated carbocycles. The van der Waals surface area contributed by atoms with Crippen molar-refractivity contribution in [3.05, 3.63) is 53.6 Å². The molecule has 0 radical (unpaired) electrons. The van der Waals surface area contributed by atoms with E-state index in [9.17, 15) is 9.59 Å². The third-order valence-corrected chi connectivity index (χ3v) is 5.80. The lowest BCUT2D eigenvalue weighted by molar-refractivity contribution is -0.116. The summed E-state index contributed by atoms with van der Waals surface area (Å²) < 4.78 is 15.3. The fraction of sp³-hybridized carbons (Fsp3) is 0.440. The summed E-state index contributed by atoms with van der Waals surface area (Å²) in [6.07, 6.45) is 3.59. The number of rotatable bonds is 9. The average Bonchev–Trinajstić information content (AvgIpc) is 2.82. The Hall–Kier alpha value is -3.06. The van der Waals surface area contributed by atoms with Crippen LogP contribution in [0.2, 0.25) is 0 Å². The number of carbonyl (C=O) groups is 2. The number of likely N-dealkylation sites (tertiary alicyclic amines) is 1. The standard InChI is InChI=1S/C25H32N2O5/c1-30-22-13-21(14-23(15-22)31-2)26-24(28)11-8-18-5-4-12-27(16-18)17-19-6-9-20(10-7-19)25(29)32-3/h6-7,9-10,13-15,18H,4-5,8,11-12,16-17H2,1-3H3,(H,26,28). The fourth-order valence-electron chi connectivity index (χ4n) is 4.09. The molecule has 1 saturated heterocycles. The van der Waals surface area contributed by atoms with Crippen molar-refractivity contribution in [3.8, 4) is 11.5 Å². The molecule has 1 unspecified atom stereocenters. The lowest BCUT2D eigenvalue weighted by Crippen LogP contribution is -2.35. The summed E-state index contributed by atoms with van der Waals surface area (Å²) in [5.41, 5.74) is 2.40. The lowest BCUT2D eigenvalue weighted by atomic mass is 9.93. The number of amides is 1. The molecule has 32 heavy (non-hydrogen) atoms. The molecule has 7 nitrogen and oxygen atoms in total. The SMILES string of the molecule is COC(=O)c1ccc(CN2CCCC(CCC(=O)Nc3cc(OC)cc(OC)c3)C2)cc1. The summed E-state index contributed by atoms with van der Waals surface area (Å²) in [4.78, 5) is 26.5. The van der Waals surface area contributed by atoms with Gasteiger partial charge in [0, 0.05) is 43.4 Å². The molecule has 2 aromatic rings. The van der Waals surface area contributed by atoms with E-state index < -0.39 is 0 Å². The smallest absolute Gasteiger partial charge is 0.337 e. The zero-order valence-corrected chi connectivity index (χ0v) is 19.1. The molecule has 1 fully saturated rings. The van der Waals surface area contributed by atoms with Crippen LogP contribution in [0.1, 0.15) is 41.6 Å².